The summed E-state index contributed by atoms with van der Waals surface area (Å²) in [6.07, 6.45) is 0.842. The molecule has 1 N–H and O–H groups in total. The smallest absolute Gasteiger partial charge is 0.266 e. The highest BCUT2D eigenvalue weighted by molar-refractivity contribution is 6.02. The molecule has 29 heavy (non-hydrogen) atoms. The molecule has 4 aromatic rings. The van der Waals surface area contributed by atoms with Gasteiger partial charge in [0.2, 0.25) is 5.91 Å². The van der Waals surface area contributed by atoms with Crippen molar-refractivity contribution < 1.29 is 4.79 Å². The number of carbonyl (C=O) groups is 1. The Morgan fingerprint density at radius 1 is 0.862 bits per heavy atom. The van der Waals surface area contributed by atoms with Gasteiger partial charge in [-0.05, 0) is 23.9 Å². The Labute approximate surface area is 168 Å². The van der Waals surface area contributed by atoms with Gasteiger partial charge >= 0.3 is 0 Å². The first-order valence-corrected chi connectivity index (χ1v) is 9.62. The van der Waals surface area contributed by atoms with Crippen molar-refractivity contribution in [2.24, 2.45) is 0 Å². The van der Waals surface area contributed by atoms with Gasteiger partial charge in [0.05, 0.1) is 5.69 Å². The summed E-state index contributed by atoms with van der Waals surface area (Å²) in [5.41, 5.74) is 2.33. The van der Waals surface area contributed by atoms with Crippen LogP contribution in [0.5, 0.6) is 0 Å². The summed E-state index contributed by atoms with van der Waals surface area (Å²) in [6.45, 7) is 0.391. The maximum absolute atomic E-state index is 12.4. The molecule has 1 aromatic heterocycles. The van der Waals surface area contributed by atoms with Crippen LogP contribution in [0, 0.1) is 0 Å². The van der Waals surface area contributed by atoms with E-state index in [1.165, 1.54) is 10.7 Å². The van der Waals surface area contributed by atoms with Gasteiger partial charge in [-0.15, -0.1) is 0 Å². The first-order valence-electron chi connectivity index (χ1n) is 9.62. The molecule has 4 rings (SSSR count). The molecule has 5 heteroatoms. The van der Waals surface area contributed by atoms with E-state index < -0.39 is 0 Å². The second kappa shape index (κ2) is 8.52. The predicted octanol–water partition coefficient (Wildman–Crippen LogP) is 4.48. The topological polar surface area (TPSA) is 64.0 Å². The highest BCUT2D eigenvalue weighted by atomic mass is 16.1. The SMILES string of the molecule is O=C(CCCn1nc(-c2ccccc2)ccc1=O)Nc1cccc2ccccc12. The number of aromatic nitrogens is 2. The minimum absolute atomic E-state index is 0.0754. The molecule has 5 nitrogen and oxygen atoms in total. The van der Waals surface area contributed by atoms with Gasteiger partial charge in [-0.2, -0.15) is 5.10 Å². The molecule has 0 bridgehead atoms. The molecule has 0 radical (unpaired) electrons. The van der Waals surface area contributed by atoms with Gasteiger partial charge < -0.3 is 5.32 Å². The molecule has 0 fully saturated rings. The molecule has 1 heterocycles. The zero-order valence-corrected chi connectivity index (χ0v) is 15.9. The van der Waals surface area contributed by atoms with Gasteiger partial charge in [-0.3, -0.25) is 9.59 Å². The molecule has 0 saturated carbocycles. The summed E-state index contributed by atoms with van der Waals surface area (Å²) >= 11 is 0. The van der Waals surface area contributed by atoms with Gasteiger partial charge in [-0.1, -0.05) is 66.7 Å². The molecule has 0 aliphatic rings. The van der Waals surface area contributed by atoms with Crippen molar-refractivity contribution in [2.75, 3.05) is 5.32 Å². The number of rotatable bonds is 6. The van der Waals surface area contributed by atoms with Crippen molar-refractivity contribution in [1.29, 1.82) is 0 Å². The lowest BCUT2D eigenvalue weighted by Gasteiger charge is -2.10. The van der Waals surface area contributed by atoms with E-state index in [0.29, 0.717) is 19.4 Å². The van der Waals surface area contributed by atoms with E-state index in [0.717, 1.165) is 27.7 Å². The fraction of sp³-hybridized carbons (Fsp3) is 0.125. The average molecular weight is 383 g/mol. The van der Waals surface area contributed by atoms with Crippen LogP contribution in [0.4, 0.5) is 5.69 Å². The van der Waals surface area contributed by atoms with E-state index in [-0.39, 0.29) is 11.5 Å². The van der Waals surface area contributed by atoms with Crippen molar-refractivity contribution in [3.05, 3.63) is 95.3 Å². The number of aryl methyl sites for hydroxylation is 1. The third-order valence-corrected chi connectivity index (χ3v) is 4.77. The Kier molecular flexibility index (Phi) is 5.47. The minimum atomic E-state index is -0.167. The molecule has 144 valence electrons. The third kappa shape index (κ3) is 4.41. The van der Waals surface area contributed by atoms with Crippen molar-refractivity contribution in [1.82, 2.24) is 9.78 Å². The Morgan fingerprint density at radius 3 is 2.48 bits per heavy atom. The van der Waals surface area contributed by atoms with Crippen LogP contribution in [-0.2, 0) is 11.3 Å². The summed E-state index contributed by atoms with van der Waals surface area (Å²) in [6, 6.07) is 26.7. The number of hydrogen-bond donors (Lipinski definition) is 1. The quantitative estimate of drug-likeness (QED) is 0.534. The van der Waals surface area contributed by atoms with E-state index in [1.807, 2.05) is 72.8 Å². The number of carbonyl (C=O) groups excluding carboxylic acids is 1. The lowest BCUT2D eigenvalue weighted by Crippen LogP contribution is -2.23. The predicted molar refractivity (Wildman–Crippen MR) is 116 cm³/mol. The van der Waals surface area contributed by atoms with Gasteiger partial charge in [0, 0.05) is 35.7 Å². The number of hydrogen-bond acceptors (Lipinski definition) is 3. The van der Waals surface area contributed by atoms with Crippen LogP contribution in [0.2, 0.25) is 0 Å². The molecule has 3 aromatic carbocycles. The van der Waals surface area contributed by atoms with E-state index >= 15 is 0 Å². The second-order valence-corrected chi connectivity index (χ2v) is 6.82. The minimum Gasteiger partial charge on any atom is -0.326 e. The van der Waals surface area contributed by atoms with Crippen LogP contribution in [-0.4, -0.2) is 15.7 Å². The molecule has 0 unspecified atom stereocenters. The molecule has 1 amide bonds. The van der Waals surface area contributed by atoms with Gasteiger partial charge in [0.1, 0.15) is 0 Å². The van der Waals surface area contributed by atoms with Crippen molar-refractivity contribution in [2.45, 2.75) is 19.4 Å². The lowest BCUT2D eigenvalue weighted by molar-refractivity contribution is -0.116. The maximum atomic E-state index is 12.4. The normalized spacial score (nSPS) is 10.8. The molecule has 0 atom stereocenters. The molecule has 0 aliphatic carbocycles. The zero-order valence-electron chi connectivity index (χ0n) is 15.9. The lowest BCUT2D eigenvalue weighted by atomic mass is 10.1. The first-order chi connectivity index (χ1) is 14.2. The third-order valence-electron chi connectivity index (χ3n) is 4.77. The second-order valence-electron chi connectivity index (χ2n) is 6.82. The standard InChI is InChI=1S/C24H21N3O2/c28-23(25-22-13-6-11-18-8-4-5-12-20(18)22)14-7-17-27-24(29)16-15-21(26-27)19-9-2-1-3-10-19/h1-6,8-13,15-16H,7,14,17H2,(H,25,28). The molecular weight excluding hydrogens is 362 g/mol. The summed E-state index contributed by atoms with van der Waals surface area (Å²) in [7, 11) is 0. The van der Waals surface area contributed by atoms with E-state index in [1.54, 1.807) is 6.07 Å². The number of nitrogens with zero attached hydrogens (tertiary/aromatic N) is 2. The fourth-order valence-electron chi connectivity index (χ4n) is 3.31. The summed E-state index contributed by atoms with van der Waals surface area (Å²) < 4.78 is 1.42. The van der Waals surface area contributed by atoms with Crippen LogP contribution in [0.15, 0.2) is 89.7 Å². The number of nitrogens with one attached hydrogen (secondary N) is 1. The number of amides is 1. The largest absolute Gasteiger partial charge is 0.326 e. The highest BCUT2D eigenvalue weighted by Crippen LogP contribution is 2.23. The Bertz CT molecular complexity index is 1190. The Morgan fingerprint density at radius 2 is 1.62 bits per heavy atom. The Hall–Kier alpha value is -3.73. The van der Waals surface area contributed by atoms with Gasteiger partial charge in [0.25, 0.3) is 5.56 Å². The van der Waals surface area contributed by atoms with Crippen molar-refractivity contribution in [3.8, 4) is 11.3 Å². The van der Waals surface area contributed by atoms with Crippen molar-refractivity contribution in [3.63, 3.8) is 0 Å². The molecule has 0 aliphatic heterocycles. The van der Waals surface area contributed by atoms with Crippen LogP contribution in [0.25, 0.3) is 22.0 Å². The molecule has 0 saturated heterocycles. The maximum Gasteiger partial charge on any atom is 0.266 e. The number of anilines is 1. The number of benzene rings is 3. The zero-order chi connectivity index (χ0) is 20.1. The average Bonchev–Trinajstić information content (AvgIpc) is 2.76. The highest BCUT2D eigenvalue weighted by Gasteiger charge is 2.07. The van der Waals surface area contributed by atoms with E-state index in [4.69, 9.17) is 0 Å². The monoisotopic (exact) mass is 383 g/mol. The summed E-state index contributed by atoms with van der Waals surface area (Å²) in [5, 5.41) is 9.51. The van der Waals surface area contributed by atoms with Gasteiger partial charge in [-0.25, -0.2) is 4.68 Å². The van der Waals surface area contributed by atoms with E-state index in [9.17, 15) is 9.59 Å². The van der Waals surface area contributed by atoms with Crippen LogP contribution < -0.4 is 10.9 Å². The summed E-state index contributed by atoms with van der Waals surface area (Å²) in [4.78, 5) is 24.5. The molecule has 0 spiro atoms. The number of fused-ring (bicyclic) bond motifs is 1. The van der Waals surface area contributed by atoms with Gasteiger partial charge in [0.15, 0.2) is 0 Å². The van der Waals surface area contributed by atoms with Crippen LogP contribution >= 0.6 is 0 Å². The fourth-order valence-corrected chi connectivity index (χ4v) is 3.31. The van der Waals surface area contributed by atoms with E-state index in [2.05, 4.69) is 10.4 Å². The van der Waals surface area contributed by atoms with Crippen LogP contribution in [0.3, 0.4) is 0 Å². The summed E-state index contributed by atoms with van der Waals surface area (Å²) in [5.74, 6) is -0.0754. The van der Waals surface area contributed by atoms with Crippen molar-refractivity contribution >= 4 is 22.4 Å². The molecular formula is C24H21N3O2. The Balaban J connectivity index is 1.40. The van der Waals surface area contributed by atoms with Crippen LogP contribution in [0.1, 0.15) is 12.8 Å². The first kappa shape index (κ1) is 18.6.